The number of hydrogen-bond donors (Lipinski definition) is 0. The summed E-state index contributed by atoms with van der Waals surface area (Å²) in [6, 6.07) is 13.9. The number of ketones is 2. The van der Waals surface area contributed by atoms with E-state index in [0.717, 1.165) is 0 Å². The standard InChI is InChI=1S/C14H8O2.C2H2N2S/c15-13-9-5-1-2-6-10(9)14(16)12-8-4-3-7-11(12)13;1-2-5-4-3-1/h1-8H;1-2H. The molecule has 0 N–H and O–H groups in total. The molecule has 1 aromatic heterocycles. The van der Waals surface area contributed by atoms with Gasteiger partial charge in [-0.15, -0.1) is 5.10 Å². The van der Waals surface area contributed by atoms with Crippen LogP contribution in [0.2, 0.25) is 0 Å². The van der Waals surface area contributed by atoms with E-state index < -0.39 is 0 Å². The van der Waals surface area contributed by atoms with Crippen molar-refractivity contribution < 1.29 is 9.59 Å². The first kappa shape index (κ1) is 13.3. The molecule has 0 unspecified atom stereocenters. The van der Waals surface area contributed by atoms with Crippen molar-refractivity contribution in [1.29, 1.82) is 0 Å². The Hall–Kier alpha value is -2.66. The minimum Gasteiger partial charge on any atom is -0.289 e. The molecule has 0 radical (unpaired) electrons. The quantitative estimate of drug-likeness (QED) is 0.500. The highest BCUT2D eigenvalue weighted by Crippen LogP contribution is 2.26. The number of aromatic nitrogens is 2. The van der Waals surface area contributed by atoms with Gasteiger partial charge in [0, 0.05) is 27.6 Å². The van der Waals surface area contributed by atoms with Gasteiger partial charge in [-0.1, -0.05) is 53.0 Å². The molecule has 1 aliphatic rings. The highest BCUT2D eigenvalue weighted by molar-refractivity contribution is 7.03. The van der Waals surface area contributed by atoms with E-state index in [1.54, 1.807) is 54.7 Å². The number of benzene rings is 2. The maximum absolute atomic E-state index is 12.1. The van der Waals surface area contributed by atoms with Crippen molar-refractivity contribution in [3.63, 3.8) is 0 Å². The normalized spacial score (nSPS) is 12.0. The summed E-state index contributed by atoms with van der Waals surface area (Å²) in [6.45, 7) is 0. The Balaban J connectivity index is 0.000000225. The van der Waals surface area contributed by atoms with E-state index in [0.29, 0.717) is 22.3 Å². The third-order valence-corrected chi connectivity index (χ3v) is 3.55. The lowest BCUT2D eigenvalue weighted by atomic mass is 9.84. The van der Waals surface area contributed by atoms with E-state index in [9.17, 15) is 9.59 Å². The zero-order valence-electron chi connectivity index (χ0n) is 10.9. The fourth-order valence-electron chi connectivity index (χ4n) is 2.18. The molecule has 0 atom stereocenters. The van der Waals surface area contributed by atoms with Crippen LogP contribution in [0, 0.1) is 0 Å². The van der Waals surface area contributed by atoms with E-state index in [4.69, 9.17) is 0 Å². The molecular weight excluding hydrogens is 284 g/mol. The average molecular weight is 294 g/mol. The molecule has 1 heterocycles. The van der Waals surface area contributed by atoms with Gasteiger partial charge in [0.15, 0.2) is 11.6 Å². The van der Waals surface area contributed by atoms with Crippen LogP contribution in [-0.4, -0.2) is 21.2 Å². The molecule has 0 saturated carbocycles. The average Bonchev–Trinajstić information content (AvgIpc) is 3.12. The van der Waals surface area contributed by atoms with Gasteiger partial charge in [0.2, 0.25) is 0 Å². The summed E-state index contributed by atoms with van der Waals surface area (Å²) in [5.41, 5.74) is 2.02. The van der Waals surface area contributed by atoms with Gasteiger partial charge in [-0.05, 0) is 11.5 Å². The Labute approximate surface area is 125 Å². The van der Waals surface area contributed by atoms with Crippen LogP contribution in [0.3, 0.4) is 0 Å². The van der Waals surface area contributed by atoms with Crippen LogP contribution < -0.4 is 0 Å². The summed E-state index contributed by atoms with van der Waals surface area (Å²) in [6.07, 6.45) is 1.66. The van der Waals surface area contributed by atoms with Crippen LogP contribution in [-0.2, 0) is 0 Å². The first-order valence-corrected chi connectivity index (χ1v) is 7.11. The van der Waals surface area contributed by atoms with Crippen LogP contribution in [0.4, 0.5) is 0 Å². The van der Waals surface area contributed by atoms with Crippen molar-refractivity contribution in [3.05, 3.63) is 82.4 Å². The van der Waals surface area contributed by atoms with Gasteiger partial charge < -0.3 is 0 Å². The zero-order chi connectivity index (χ0) is 14.7. The Morgan fingerprint density at radius 3 is 1.38 bits per heavy atom. The Kier molecular flexibility index (Phi) is 3.66. The molecule has 0 fully saturated rings. The fourth-order valence-corrected chi connectivity index (χ4v) is 2.46. The molecule has 0 spiro atoms. The van der Waals surface area contributed by atoms with Crippen LogP contribution in [0.1, 0.15) is 31.8 Å². The molecule has 1 aliphatic carbocycles. The van der Waals surface area contributed by atoms with Crippen LogP contribution >= 0.6 is 11.5 Å². The number of rotatable bonds is 0. The summed E-state index contributed by atoms with van der Waals surface area (Å²) in [4.78, 5) is 24.2. The van der Waals surface area contributed by atoms with Crippen molar-refractivity contribution in [2.75, 3.05) is 0 Å². The SMILES string of the molecule is O=C1c2ccccc2C(=O)c2ccccc21.c1csnn1. The Bertz CT molecular complexity index is 675. The van der Waals surface area contributed by atoms with Crippen molar-refractivity contribution >= 4 is 23.1 Å². The number of carbonyl (C=O) groups excluding carboxylic acids is 2. The predicted molar refractivity (Wildman–Crippen MR) is 79.7 cm³/mol. The number of hydrogen-bond acceptors (Lipinski definition) is 5. The molecule has 4 nitrogen and oxygen atoms in total. The second-order valence-corrected chi connectivity index (χ2v) is 4.98. The number of fused-ring (bicyclic) bond motifs is 2. The van der Waals surface area contributed by atoms with Crippen molar-refractivity contribution in [3.8, 4) is 0 Å². The summed E-state index contributed by atoms with van der Waals surface area (Å²) < 4.78 is 3.51. The minimum absolute atomic E-state index is 0.0641. The van der Waals surface area contributed by atoms with Gasteiger partial charge in [-0.3, -0.25) is 9.59 Å². The zero-order valence-corrected chi connectivity index (χ0v) is 11.7. The number of nitrogens with zero attached hydrogens (tertiary/aromatic N) is 2. The molecule has 2 aromatic carbocycles. The highest BCUT2D eigenvalue weighted by Gasteiger charge is 2.28. The van der Waals surface area contributed by atoms with Gasteiger partial charge in [0.05, 0.1) is 6.20 Å². The van der Waals surface area contributed by atoms with Crippen molar-refractivity contribution in [2.45, 2.75) is 0 Å². The predicted octanol–water partition coefficient (Wildman–Crippen LogP) is 3.00. The second kappa shape index (κ2) is 5.76. The topological polar surface area (TPSA) is 59.9 Å². The third-order valence-electron chi connectivity index (χ3n) is 3.12. The van der Waals surface area contributed by atoms with Gasteiger partial charge in [0.1, 0.15) is 0 Å². The molecule has 5 heteroatoms. The first-order valence-electron chi connectivity index (χ1n) is 6.27. The first-order chi connectivity index (χ1) is 10.3. The monoisotopic (exact) mass is 294 g/mol. The van der Waals surface area contributed by atoms with Gasteiger partial charge in [0.25, 0.3) is 0 Å². The summed E-state index contributed by atoms with van der Waals surface area (Å²) in [5.74, 6) is -0.128. The van der Waals surface area contributed by atoms with E-state index in [1.165, 1.54) is 11.5 Å². The van der Waals surface area contributed by atoms with Crippen LogP contribution in [0.25, 0.3) is 0 Å². The molecular formula is C16H10N2O2S. The van der Waals surface area contributed by atoms with E-state index in [-0.39, 0.29) is 11.6 Å². The molecule has 21 heavy (non-hydrogen) atoms. The van der Waals surface area contributed by atoms with Crippen LogP contribution in [0.5, 0.6) is 0 Å². The minimum atomic E-state index is -0.0641. The smallest absolute Gasteiger partial charge is 0.194 e. The van der Waals surface area contributed by atoms with Crippen LogP contribution in [0.15, 0.2) is 60.1 Å². The molecule has 102 valence electrons. The maximum Gasteiger partial charge on any atom is 0.194 e. The molecule has 4 rings (SSSR count). The summed E-state index contributed by atoms with van der Waals surface area (Å²) in [5, 5.41) is 5.31. The molecule has 0 saturated heterocycles. The highest BCUT2D eigenvalue weighted by atomic mass is 32.1. The molecule has 3 aromatic rings. The van der Waals surface area contributed by atoms with Crippen molar-refractivity contribution in [2.24, 2.45) is 0 Å². The number of carbonyl (C=O) groups is 2. The van der Waals surface area contributed by atoms with E-state index >= 15 is 0 Å². The summed E-state index contributed by atoms with van der Waals surface area (Å²) >= 11 is 1.35. The van der Waals surface area contributed by atoms with E-state index in [1.807, 2.05) is 5.38 Å². The lowest BCUT2D eigenvalue weighted by molar-refractivity contribution is 0.0979. The largest absolute Gasteiger partial charge is 0.289 e. The van der Waals surface area contributed by atoms with E-state index in [2.05, 4.69) is 9.59 Å². The van der Waals surface area contributed by atoms with Gasteiger partial charge >= 0.3 is 0 Å². The van der Waals surface area contributed by atoms with Gasteiger partial charge in [-0.2, -0.15) is 0 Å². The summed E-state index contributed by atoms with van der Waals surface area (Å²) in [7, 11) is 0. The molecule has 0 amide bonds. The lowest BCUT2D eigenvalue weighted by Gasteiger charge is -2.16. The lowest BCUT2D eigenvalue weighted by Crippen LogP contribution is -2.20. The Morgan fingerprint density at radius 1 is 0.714 bits per heavy atom. The van der Waals surface area contributed by atoms with Gasteiger partial charge in [-0.25, -0.2) is 0 Å². The Morgan fingerprint density at radius 2 is 1.14 bits per heavy atom. The van der Waals surface area contributed by atoms with Crippen molar-refractivity contribution in [1.82, 2.24) is 9.59 Å². The molecule has 0 bridgehead atoms. The fraction of sp³-hybridized carbons (Fsp3) is 0. The molecule has 0 aliphatic heterocycles. The third kappa shape index (κ3) is 2.51. The second-order valence-electron chi connectivity index (χ2n) is 4.34. The maximum atomic E-state index is 12.1.